The summed E-state index contributed by atoms with van der Waals surface area (Å²) in [6.07, 6.45) is 0. The van der Waals surface area contributed by atoms with E-state index in [0.717, 1.165) is 23.7 Å². The second-order valence-electron chi connectivity index (χ2n) is 6.24. The molecule has 2 aromatic carbocycles. The molecule has 0 fully saturated rings. The summed E-state index contributed by atoms with van der Waals surface area (Å²) in [5.41, 5.74) is 7.74. The zero-order valence-electron chi connectivity index (χ0n) is 16.3. The highest BCUT2D eigenvalue weighted by Crippen LogP contribution is 2.23. The van der Waals surface area contributed by atoms with E-state index in [9.17, 15) is 9.59 Å². The minimum absolute atomic E-state index is 0.242. The Morgan fingerprint density at radius 3 is 2.11 bits per heavy atom. The van der Waals surface area contributed by atoms with E-state index in [1.807, 2.05) is 50.2 Å². The molecule has 2 N–H and O–H groups in total. The van der Waals surface area contributed by atoms with E-state index in [1.54, 1.807) is 12.1 Å². The average Bonchev–Trinajstić information content (AvgIpc) is 2.69. The SMILES string of the molecule is CCN(CC)c1ccc(C(=O)NNC(=O)[C@H](C)Sc2ccc(C)cc2)cc1. The predicted octanol–water partition coefficient (Wildman–Crippen LogP) is 3.78. The third-order valence-electron chi connectivity index (χ3n) is 4.26. The maximum atomic E-state index is 12.2. The lowest BCUT2D eigenvalue weighted by Crippen LogP contribution is -2.44. The van der Waals surface area contributed by atoms with E-state index in [4.69, 9.17) is 0 Å². The van der Waals surface area contributed by atoms with Gasteiger partial charge in [-0.25, -0.2) is 0 Å². The lowest BCUT2D eigenvalue weighted by Gasteiger charge is -2.21. The van der Waals surface area contributed by atoms with Crippen LogP contribution < -0.4 is 15.8 Å². The number of hydrogen-bond acceptors (Lipinski definition) is 4. The van der Waals surface area contributed by atoms with E-state index < -0.39 is 0 Å². The zero-order chi connectivity index (χ0) is 19.8. The van der Waals surface area contributed by atoms with Crippen LogP contribution in [0.5, 0.6) is 0 Å². The van der Waals surface area contributed by atoms with Gasteiger partial charge < -0.3 is 4.90 Å². The number of benzene rings is 2. The number of aryl methyl sites for hydroxylation is 1. The fourth-order valence-corrected chi connectivity index (χ4v) is 3.45. The smallest absolute Gasteiger partial charge is 0.269 e. The van der Waals surface area contributed by atoms with Crippen molar-refractivity contribution < 1.29 is 9.59 Å². The lowest BCUT2D eigenvalue weighted by atomic mass is 10.2. The fourth-order valence-electron chi connectivity index (χ4n) is 2.58. The quantitative estimate of drug-likeness (QED) is 0.562. The van der Waals surface area contributed by atoms with Crippen molar-refractivity contribution in [1.82, 2.24) is 10.9 Å². The van der Waals surface area contributed by atoms with Crippen molar-refractivity contribution in [1.29, 1.82) is 0 Å². The third-order valence-corrected chi connectivity index (χ3v) is 5.37. The van der Waals surface area contributed by atoms with E-state index >= 15 is 0 Å². The van der Waals surface area contributed by atoms with E-state index in [2.05, 4.69) is 29.6 Å². The Kier molecular flexibility index (Phi) is 7.73. The molecule has 0 unspecified atom stereocenters. The van der Waals surface area contributed by atoms with Crippen molar-refractivity contribution >= 4 is 29.3 Å². The van der Waals surface area contributed by atoms with Crippen molar-refractivity contribution in [2.45, 2.75) is 37.8 Å². The number of nitrogens with zero attached hydrogens (tertiary/aromatic N) is 1. The Bertz CT molecular complexity index is 756. The molecule has 0 saturated heterocycles. The molecular formula is C21H27N3O2S. The molecule has 27 heavy (non-hydrogen) atoms. The summed E-state index contributed by atoms with van der Waals surface area (Å²) in [6.45, 7) is 9.84. The second-order valence-corrected chi connectivity index (χ2v) is 7.65. The van der Waals surface area contributed by atoms with Crippen molar-refractivity contribution in [2.24, 2.45) is 0 Å². The molecule has 144 valence electrons. The van der Waals surface area contributed by atoms with Crippen LogP contribution in [0.1, 0.15) is 36.7 Å². The molecule has 0 aromatic heterocycles. The van der Waals surface area contributed by atoms with Crippen molar-refractivity contribution in [3.8, 4) is 0 Å². The monoisotopic (exact) mass is 385 g/mol. The van der Waals surface area contributed by atoms with E-state index in [-0.39, 0.29) is 17.1 Å². The first-order valence-corrected chi connectivity index (χ1v) is 10.0. The van der Waals surface area contributed by atoms with Gasteiger partial charge in [0.1, 0.15) is 0 Å². The highest BCUT2D eigenvalue weighted by atomic mass is 32.2. The number of amides is 2. The molecular weight excluding hydrogens is 358 g/mol. The van der Waals surface area contributed by atoms with Gasteiger partial charge in [-0.15, -0.1) is 11.8 Å². The summed E-state index contributed by atoms with van der Waals surface area (Å²) >= 11 is 1.45. The Morgan fingerprint density at radius 2 is 1.56 bits per heavy atom. The molecule has 0 aliphatic carbocycles. The van der Waals surface area contributed by atoms with Crippen molar-refractivity contribution in [3.05, 3.63) is 59.7 Å². The molecule has 0 saturated carbocycles. The topological polar surface area (TPSA) is 61.4 Å². The lowest BCUT2D eigenvalue weighted by molar-refractivity contribution is -0.121. The average molecular weight is 386 g/mol. The first-order valence-electron chi connectivity index (χ1n) is 9.13. The summed E-state index contributed by atoms with van der Waals surface area (Å²) in [6, 6.07) is 15.4. The van der Waals surface area contributed by atoms with Gasteiger partial charge in [0.15, 0.2) is 0 Å². The van der Waals surface area contributed by atoms with Gasteiger partial charge >= 0.3 is 0 Å². The van der Waals surface area contributed by atoms with Gasteiger partial charge in [0.25, 0.3) is 11.8 Å². The Balaban J connectivity index is 1.86. The van der Waals surface area contributed by atoms with Gasteiger partial charge in [0.2, 0.25) is 0 Å². The van der Waals surface area contributed by atoms with Crippen molar-refractivity contribution in [3.63, 3.8) is 0 Å². The summed E-state index contributed by atoms with van der Waals surface area (Å²) in [4.78, 5) is 27.7. The number of anilines is 1. The van der Waals surface area contributed by atoms with Gasteiger partial charge in [-0.2, -0.15) is 0 Å². The first-order chi connectivity index (χ1) is 12.9. The van der Waals surface area contributed by atoms with Gasteiger partial charge in [-0.3, -0.25) is 20.4 Å². The van der Waals surface area contributed by atoms with Crippen LogP contribution in [0, 0.1) is 6.92 Å². The van der Waals surface area contributed by atoms with Crippen LogP contribution in [-0.2, 0) is 4.79 Å². The molecule has 1 atom stereocenters. The minimum atomic E-state index is -0.331. The first kappa shape index (κ1) is 20.8. The Morgan fingerprint density at radius 1 is 0.963 bits per heavy atom. The largest absolute Gasteiger partial charge is 0.372 e. The molecule has 0 bridgehead atoms. The predicted molar refractivity (Wildman–Crippen MR) is 112 cm³/mol. The maximum Gasteiger partial charge on any atom is 0.269 e. The van der Waals surface area contributed by atoms with Gasteiger partial charge in [0, 0.05) is 29.2 Å². The Hall–Kier alpha value is -2.47. The van der Waals surface area contributed by atoms with Crippen LogP contribution in [0.2, 0.25) is 0 Å². The van der Waals surface area contributed by atoms with Crippen molar-refractivity contribution in [2.75, 3.05) is 18.0 Å². The van der Waals surface area contributed by atoms with Crippen LogP contribution in [-0.4, -0.2) is 30.2 Å². The zero-order valence-corrected chi connectivity index (χ0v) is 17.1. The molecule has 0 spiro atoms. The van der Waals surface area contributed by atoms with E-state index in [0.29, 0.717) is 5.56 Å². The normalized spacial score (nSPS) is 11.6. The molecule has 2 rings (SSSR count). The third kappa shape index (κ3) is 6.03. The van der Waals surface area contributed by atoms with Gasteiger partial charge in [-0.05, 0) is 64.1 Å². The molecule has 0 aliphatic rings. The van der Waals surface area contributed by atoms with Crippen LogP contribution in [0.15, 0.2) is 53.4 Å². The summed E-state index contributed by atoms with van der Waals surface area (Å²) < 4.78 is 0. The summed E-state index contributed by atoms with van der Waals surface area (Å²) in [5.74, 6) is -0.573. The summed E-state index contributed by atoms with van der Waals surface area (Å²) in [7, 11) is 0. The maximum absolute atomic E-state index is 12.2. The molecule has 0 heterocycles. The van der Waals surface area contributed by atoms with Gasteiger partial charge in [-0.1, -0.05) is 17.7 Å². The second kappa shape index (κ2) is 10.0. The van der Waals surface area contributed by atoms with Crippen LogP contribution >= 0.6 is 11.8 Å². The number of carbonyl (C=O) groups is 2. The number of rotatable bonds is 7. The molecule has 0 radical (unpaired) electrons. The minimum Gasteiger partial charge on any atom is -0.372 e. The molecule has 6 heteroatoms. The molecule has 2 amide bonds. The number of thioether (sulfide) groups is 1. The Labute approximate surface area is 165 Å². The summed E-state index contributed by atoms with van der Waals surface area (Å²) in [5, 5.41) is -0.321. The van der Waals surface area contributed by atoms with Crippen LogP contribution in [0.3, 0.4) is 0 Å². The van der Waals surface area contributed by atoms with Crippen LogP contribution in [0.4, 0.5) is 5.69 Å². The highest BCUT2D eigenvalue weighted by molar-refractivity contribution is 8.00. The number of nitrogens with one attached hydrogen (secondary N) is 2. The highest BCUT2D eigenvalue weighted by Gasteiger charge is 2.15. The number of carbonyl (C=O) groups excluding carboxylic acids is 2. The number of hydrogen-bond donors (Lipinski definition) is 2. The van der Waals surface area contributed by atoms with E-state index in [1.165, 1.54) is 17.3 Å². The molecule has 0 aliphatic heterocycles. The standard InChI is InChI=1S/C21H27N3O2S/c1-5-24(6-2)18-11-9-17(10-12-18)21(26)23-22-20(25)16(4)27-19-13-7-15(3)8-14-19/h7-14,16H,5-6H2,1-4H3,(H,22,25)(H,23,26)/t16-/m0/s1. The fraction of sp³-hybridized carbons (Fsp3) is 0.333. The van der Waals surface area contributed by atoms with Crippen LogP contribution in [0.25, 0.3) is 0 Å². The molecule has 5 nitrogen and oxygen atoms in total. The van der Waals surface area contributed by atoms with Gasteiger partial charge in [0.05, 0.1) is 5.25 Å². The molecule has 2 aromatic rings. The number of hydrazine groups is 1.